The van der Waals surface area contributed by atoms with Gasteiger partial charge in [-0.2, -0.15) is 0 Å². The normalized spacial score (nSPS) is 11.9. The topological polar surface area (TPSA) is 66.8 Å². The molecule has 2 rings (SSSR count). The van der Waals surface area contributed by atoms with Crippen molar-refractivity contribution >= 4 is 5.97 Å². The molecule has 0 amide bonds. The highest BCUT2D eigenvalue weighted by atomic mass is 16.5. The van der Waals surface area contributed by atoms with Gasteiger partial charge in [-0.25, -0.2) is 0 Å². The Morgan fingerprint density at radius 2 is 1.96 bits per heavy atom. The third-order valence-electron chi connectivity index (χ3n) is 3.72. The van der Waals surface area contributed by atoms with Gasteiger partial charge >= 0.3 is 5.97 Å². The Morgan fingerprint density at radius 3 is 2.65 bits per heavy atom. The van der Waals surface area contributed by atoms with Crippen LogP contribution in [0.25, 0.3) is 0 Å². The molecule has 2 aromatic carbocycles. The molecule has 0 spiro atoms. The Hall–Kier alpha value is -2.49. The Kier molecular flexibility index (Phi) is 6.03. The van der Waals surface area contributed by atoms with E-state index in [1.54, 1.807) is 12.1 Å². The minimum atomic E-state index is -0.918. The lowest BCUT2D eigenvalue weighted by Crippen LogP contribution is -2.15. The summed E-state index contributed by atoms with van der Waals surface area (Å²) < 4.78 is 5.78. The van der Waals surface area contributed by atoms with Gasteiger partial charge in [0.1, 0.15) is 11.5 Å². The fraction of sp³-hybridized carbons (Fsp3) is 0.316. The number of carboxylic acid groups (broad SMARTS) is 1. The van der Waals surface area contributed by atoms with E-state index in [4.69, 9.17) is 4.74 Å². The zero-order chi connectivity index (χ0) is 16.7. The third-order valence-corrected chi connectivity index (χ3v) is 3.72. The minimum absolute atomic E-state index is 0.0706. The zero-order valence-corrected chi connectivity index (χ0v) is 13.2. The van der Waals surface area contributed by atoms with E-state index < -0.39 is 11.9 Å². The van der Waals surface area contributed by atoms with Crippen LogP contribution in [0.15, 0.2) is 48.5 Å². The molecule has 0 radical (unpaired) electrons. The van der Waals surface area contributed by atoms with Crippen LogP contribution in [-0.4, -0.2) is 22.8 Å². The summed E-state index contributed by atoms with van der Waals surface area (Å²) in [6.07, 6.45) is 2.33. The summed E-state index contributed by atoms with van der Waals surface area (Å²) in [4.78, 5) is 11.7. The standard InChI is InChI=1S/C19H22O4/c1-2-3-11-23-18-10-5-4-7-15(18)13-17(19(21)22)14-8-6-9-16(20)12-14/h4-10,12,17,20H,2-3,11,13H2,1H3,(H,21,22). The number of phenolic OH excluding ortho intramolecular Hbond substituents is 1. The van der Waals surface area contributed by atoms with Gasteiger partial charge < -0.3 is 14.9 Å². The molecule has 1 unspecified atom stereocenters. The first-order chi connectivity index (χ1) is 11.1. The first kappa shape index (κ1) is 16.9. The van der Waals surface area contributed by atoms with Crippen LogP contribution in [0.3, 0.4) is 0 Å². The molecule has 0 bridgehead atoms. The molecule has 23 heavy (non-hydrogen) atoms. The minimum Gasteiger partial charge on any atom is -0.508 e. The number of hydrogen-bond donors (Lipinski definition) is 2. The number of carbonyl (C=O) groups is 1. The molecule has 0 fully saturated rings. The molecule has 1 atom stereocenters. The number of hydrogen-bond acceptors (Lipinski definition) is 3. The lowest BCUT2D eigenvalue weighted by atomic mass is 9.91. The largest absolute Gasteiger partial charge is 0.508 e. The third kappa shape index (κ3) is 4.74. The van der Waals surface area contributed by atoms with Crippen molar-refractivity contribution in [2.45, 2.75) is 32.1 Å². The monoisotopic (exact) mass is 314 g/mol. The predicted octanol–water partition coefficient (Wildman–Crippen LogP) is 3.98. The molecule has 0 aromatic heterocycles. The molecule has 0 saturated heterocycles. The van der Waals surface area contributed by atoms with E-state index >= 15 is 0 Å². The fourth-order valence-corrected chi connectivity index (χ4v) is 2.45. The second kappa shape index (κ2) is 8.22. The SMILES string of the molecule is CCCCOc1ccccc1CC(C(=O)O)c1cccc(O)c1. The van der Waals surface area contributed by atoms with Crippen LogP contribution < -0.4 is 4.74 Å². The first-order valence-electron chi connectivity index (χ1n) is 7.84. The quantitative estimate of drug-likeness (QED) is 0.723. The van der Waals surface area contributed by atoms with Crippen molar-refractivity contribution < 1.29 is 19.7 Å². The maximum Gasteiger partial charge on any atom is 0.311 e. The van der Waals surface area contributed by atoms with E-state index in [2.05, 4.69) is 6.92 Å². The molecule has 0 heterocycles. The number of unbranched alkanes of at least 4 members (excludes halogenated alkanes) is 1. The number of carboxylic acids is 1. The fourth-order valence-electron chi connectivity index (χ4n) is 2.45. The Balaban J connectivity index is 2.22. The highest BCUT2D eigenvalue weighted by Gasteiger charge is 2.22. The van der Waals surface area contributed by atoms with Gasteiger partial charge in [-0.05, 0) is 42.2 Å². The van der Waals surface area contributed by atoms with Crippen molar-refractivity contribution in [1.29, 1.82) is 0 Å². The molecule has 122 valence electrons. The highest BCUT2D eigenvalue weighted by molar-refractivity contribution is 5.77. The Labute approximate surface area is 136 Å². The summed E-state index contributed by atoms with van der Waals surface area (Å²) in [6, 6.07) is 13.9. The zero-order valence-electron chi connectivity index (χ0n) is 13.2. The smallest absolute Gasteiger partial charge is 0.311 e. The second-order valence-corrected chi connectivity index (χ2v) is 5.50. The number of aliphatic carboxylic acids is 1. The van der Waals surface area contributed by atoms with Crippen LogP contribution in [-0.2, 0) is 11.2 Å². The molecule has 2 aromatic rings. The number of benzene rings is 2. The van der Waals surface area contributed by atoms with Gasteiger partial charge in [0.15, 0.2) is 0 Å². The molecule has 0 aliphatic carbocycles. The Bertz CT molecular complexity index is 651. The van der Waals surface area contributed by atoms with Gasteiger partial charge in [0.05, 0.1) is 12.5 Å². The van der Waals surface area contributed by atoms with Crippen LogP contribution in [0.5, 0.6) is 11.5 Å². The number of aromatic hydroxyl groups is 1. The summed E-state index contributed by atoms with van der Waals surface area (Å²) >= 11 is 0. The summed E-state index contributed by atoms with van der Waals surface area (Å²) in [7, 11) is 0. The van der Waals surface area contributed by atoms with Gasteiger partial charge in [-0.1, -0.05) is 43.7 Å². The van der Waals surface area contributed by atoms with Crippen LogP contribution in [0.1, 0.15) is 36.8 Å². The summed E-state index contributed by atoms with van der Waals surface area (Å²) in [5.74, 6) is -0.842. The highest BCUT2D eigenvalue weighted by Crippen LogP contribution is 2.28. The molecule has 0 saturated carbocycles. The summed E-state index contributed by atoms with van der Waals surface area (Å²) in [5.41, 5.74) is 1.44. The van der Waals surface area contributed by atoms with E-state index in [-0.39, 0.29) is 5.75 Å². The van der Waals surface area contributed by atoms with Crippen molar-refractivity contribution in [3.8, 4) is 11.5 Å². The van der Waals surface area contributed by atoms with E-state index in [1.165, 1.54) is 12.1 Å². The van der Waals surface area contributed by atoms with E-state index in [0.29, 0.717) is 18.6 Å². The second-order valence-electron chi connectivity index (χ2n) is 5.50. The van der Waals surface area contributed by atoms with Crippen molar-refractivity contribution in [2.24, 2.45) is 0 Å². The van der Waals surface area contributed by atoms with E-state index in [0.717, 1.165) is 24.2 Å². The van der Waals surface area contributed by atoms with Crippen molar-refractivity contribution in [2.75, 3.05) is 6.61 Å². The maximum absolute atomic E-state index is 11.7. The Morgan fingerprint density at radius 1 is 1.17 bits per heavy atom. The van der Waals surface area contributed by atoms with E-state index in [1.807, 2.05) is 24.3 Å². The number of rotatable bonds is 8. The van der Waals surface area contributed by atoms with Gasteiger partial charge in [0.2, 0.25) is 0 Å². The molecular weight excluding hydrogens is 292 g/mol. The molecule has 0 aliphatic rings. The summed E-state index contributed by atoms with van der Waals surface area (Å²) in [6.45, 7) is 2.72. The molecular formula is C19H22O4. The first-order valence-corrected chi connectivity index (χ1v) is 7.84. The van der Waals surface area contributed by atoms with Gasteiger partial charge in [0.25, 0.3) is 0 Å². The molecule has 4 nitrogen and oxygen atoms in total. The van der Waals surface area contributed by atoms with Crippen molar-refractivity contribution in [1.82, 2.24) is 0 Å². The maximum atomic E-state index is 11.7. The van der Waals surface area contributed by atoms with Crippen LogP contribution >= 0.6 is 0 Å². The van der Waals surface area contributed by atoms with Crippen molar-refractivity contribution in [3.63, 3.8) is 0 Å². The lowest BCUT2D eigenvalue weighted by molar-refractivity contribution is -0.138. The van der Waals surface area contributed by atoms with Crippen LogP contribution in [0, 0.1) is 0 Å². The lowest BCUT2D eigenvalue weighted by Gasteiger charge is -2.16. The van der Waals surface area contributed by atoms with Gasteiger partial charge in [-0.3, -0.25) is 4.79 Å². The average Bonchev–Trinajstić information content (AvgIpc) is 2.53. The number of phenols is 1. The summed E-state index contributed by atoms with van der Waals surface area (Å²) in [5, 5.41) is 19.2. The average molecular weight is 314 g/mol. The van der Waals surface area contributed by atoms with Gasteiger partial charge in [0, 0.05) is 0 Å². The van der Waals surface area contributed by atoms with Gasteiger partial charge in [-0.15, -0.1) is 0 Å². The van der Waals surface area contributed by atoms with Crippen LogP contribution in [0.4, 0.5) is 0 Å². The predicted molar refractivity (Wildman–Crippen MR) is 89.0 cm³/mol. The molecule has 0 aliphatic heterocycles. The van der Waals surface area contributed by atoms with E-state index in [9.17, 15) is 15.0 Å². The van der Waals surface area contributed by atoms with Crippen molar-refractivity contribution in [3.05, 3.63) is 59.7 Å². The van der Waals surface area contributed by atoms with Crippen LogP contribution in [0.2, 0.25) is 0 Å². The molecule has 4 heteroatoms. The number of para-hydroxylation sites is 1. The number of ether oxygens (including phenoxy) is 1. The molecule has 2 N–H and O–H groups in total.